The molecule has 2 rings (SSSR count). The molecule has 19 heavy (non-hydrogen) atoms. The number of thiazole rings is 1. The highest BCUT2D eigenvalue weighted by Crippen LogP contribution is 2.26. The fourth-order valence-corrected chi connectivity index (χ4v) is 3.56. The molecule has 1 fully saturated rings. The lowest BCUT2D eigenvalue weighted by atomic mass is 10.2. The van der Waals surface area contributed by atoms with Crippen LogP contribution in [0.4, 0.5) is 0 Å². The molecule has 2 N–H and O–H groups in total. The van der Waals surface area contributed by atoms with Gasteiger partial charge in [-0.15, -0.1) is 11.3 Å². The van der Waals surface area contributed by atoms with Crippen molar-refractivity contribution >= 4 is 11.3 Å². The molecule has 0 saturated carbocycles. The molecule has 0 aromatic carbocycles. The maximum atomic E-state index is 6.06. The summed E-state index contributed by atoms with van der Waals surface area (Å²) in [6, 6.07) is 0.111. The molecule has 0 bridgehead atoms. The van der Waals surface area contributed by atoms with Crippen molar-refractivity contribution in [2.24, 2.45) is 5.73 Å². The minimum Gasteiger partial charge on any atom is -0.323 e. The first-order chi connectivity index (χ1) is 9.10. The molecule has 1 aliphatic rings. The summed E-state index contributed by atoms with van der Waals surface area (Å²) in [6.45, 7) is 9.86. The minimum atomic E-state index is 0.111. The second-order valence-electron chi connectivity index (χ2n) is 5.54. The molecule has 0 amide bonds. The van der Waals surface area contributed by atoms with Crippen LogP contribution < -0.4 is 5.73 Å². The summed E-state index contributed by atoms with van der Waals surface area (Å²) < 4.78 is 0. The quantitative estimate of drug-likeness (QED) is 0.895. The van der Waals surface area contributed by atoms with Crippen LogP contribution in [0.15, 0.2) is 0 Å². The molecule has 1 saturated heterocycles. The Morgan fingerprint density at radius 1 is 1.32 bits per heavy atom. The number of aromatic nitrogens is 1. The van der Waals surface area contributed by atoms with Crippen LogP contribution in [-0.4, -0.2) is 48.0 Å². The van der Waals surface area contributed by atoms with E-state index in [0.29, 0.717) is 0 Å². The summed E-state index contributed by atoms with van der Waals surface area (Å²) in [5.41, 5.74) is 7.29. The third-order valence-corrected chi connectivity index (χ3v) is 4.91. The Kier molecular flexibility index (Phi) is 5.33. The lowest BCUT2D eigenvalue weighted by molar-refractivity contribution is 0.148. The number of piperazine rings is 1. The highest BCUT2D eigenvalue weighted by Gasteiger charge is 2.18. The highest BCUT2D eigenvalue weighted by molar-refractivity contribution is 7.11. The number of hydrogen-bond acceptors (Lipinski definition) is 5. The standard InChI is InChI=1S/C14H26N4S/c1-4-5-12-14(11(2)15)19-13(16-12)10-18-8-6-17(3)7-9-18/h11H,4-10,15H2,1-3H3. The van der Waals surface area contributed by atoms with Gasteiger partial charge in [-0.05, 0) is 20.4 Å². The smallest absolute Gasteiger partial charge is 0.107 e. The van der Waals surface area contributed by atoms with Gasteiger partial charge in [-0.25, -0.2) is 4.98 Å². The number of nitrogens with zero attached hydrogens (tertiary/aromatic N) is 3. The van der Waals surface area contributed by atoms with E-state index in [0.717, 1.165) is 45.6 Å². The van der Waals surface area contributed by atoms with Crippen LogP contribution in [0.5, 0.6) is 0 Å². The average Bonchev–Trinajstić information content (AvgIpc) is 2.76. The third-order valence-electron chi connectivity index (χ3n) is 3.63. The lowest BCUT2D eigenvalue weighted by Gasteiger charge is -2.31. The van der Waals surface area contributed by atoms with Crippen LogP contribution in [0.2, 0.25) is 0 Å². The average molecular weight is 282 g/mol. The Bertz CT molecular complexity index is 394. The monoisotopic (exact) mass is 282 g/mol. The Labute approximate surface area is 120 Å². The van der Waals surface area contributed by atoms with Crippen molar-refractivity contribution in [3.8, 4) is 0 Å². The van der Waals surface area contributed by atoms with Crippen LogP contribution >= 0.6 is 11.3 Å². The maximum absolute atomic E-state index is 6.06. The highest BCUT2D eigenvalue weighted by atomic mass is 32.1. The first-order valence-electron chi connectivity index (χ1n) is 7.25. The molecule has 1 aromatic rings. The summed E-state index contributed by atoms with van der Waals surface area (Å²) in [7, 11) is 2.19. The van der Waals surface area contributed by atoms with E-state index in [4.69, 9.17) is 10.7 Å². The molecule has 4 nitrogen and oxygen atoms in total. The van der Waals surface area contributed by atoms with Crippen molar-refractivity contribution in [2.45, 2.75) is 39.3 Å². The zero-order chi connectivity index (χ0) is 13.8. The van der Waals surface area contributed by atoms with Crippen molar-refractivity contribution < 1.29 is 0 Å². The predicted octanol–water partition coefficient (Wildman–Crippen LogP) is 1.86. The first kappa shape index (κ1) is 14.9. The summed E-state index contributed by atoms with van der Waals surface area (Å²) in [6.07, 6.45) is 2.19. The Hall–Kier alpha value is -0.490. The summed E-state index contributed by atoms with van der Waals surface area (Å²) in [5, 5.41) is 1.24. The fourth-order valence-electron chi connectivity index (χ4n) is 2.45. The molecule has 0 spiro atoms. The van der Waals surface area contributed by atoms with Gasteiger partial charge in [0, 0.05) is 37.1 Å². The predicted molar refractivity (Wildman–Crippen MR) is 81.5 cm³/mol. The van der Waals surface area contributed by atoms with Gasteiger partial charge in [0.15, 0.2) is 0 Å². The molecule has 0 aliphatic carbocycles. The zero-order valence-electron chi connectivity index (χ0n) is 12.4. The molecule has 1 aromatic heterocycles. The van der Waals surface area contributed by atoms with E-state index in [1.807, 2.05) is 11.3 Å². The van der Waals surface area contributed by atoms with Gasteiger partial charge in [-0.1, -0.05) is 13.3 Å². The SMILES string of the molecule is CCCc1nc(CN2CCN(C)CC2)sc1C(C)N. The summed E-state index contributed by atoms with van der Waals surface area (Å²) in [5.74, 6) is 0. The molecule has 1 atom stereocenters. The largest absolute Gasteiger partial charge is 0.323 e. The van der Waals surface area contributed by atoms with Crippen molar-refractivity contribution in [3.63, 3.8) is 0 Å². The lowest BCUT2D eigenvalue weighted by Crippen LogP contribution is -2.43. The third kappa shape index (κ3) is 3.99. The van der Waals surface area contributed by atoms with Crippen LogP contribution in [-0.2, 0) is 13.0 Å². The summed E-state index contributed by atoms with van der Waals surface area (Å²) in [4.78, 5) is 11.0. The number of hydrogen-bond donors (Lipinski definition) is 1. The minimum absolute atomic E-state index is 0.111. The maximum Gasteiger partial charge on any atom is 0.107 e. The van der Waals surface area contributed by atoms with Gasteiger partial charge >= 0.3 is 0 Å². The number of aryl methyl sites for hydroxylation is 1. The van der Waals surface area contributed by atoms with Gasteiger partial charge in [0.25, 0.3) is 0 Å². The fraction of sp³-hybridized carbons (Fsp3) is 0.786. The molecule has 0 radical (unpaired) electrons. The van der Waals surface area contributed by atoms with Gasteiger partial charge in [-0.3, -0.25) is 4.90 Å². The van der Waals surface area contributed by atoms with Gasteiger partial charge in [0.2, 0.25) is 0 Å². The van der Waals surface area contributed by atoms with Gasteiger partial charge in [0.1, 0.15) is 5.01 Å². The second-order valence-corrected chi connectivity index (χ2v) is 6.65. The molecule has 2 heterocycles. The topological polar surface area (TPSA) is 45.4 Å². The zero-order valence-corrected chi connectivity index (χ0v) is 13.2. The van der Waals surface area contributed by atoms with Crippen LogP contribution in [0, 0.1) is 0 Å². The molecular weight excluding hydrogens is 256 g/mol. The van der Waals surface area contributed by atoms with E-state index < -0.39 is 0 Å². The van der Waals surface area contributed by atoms with Crippen molar-refractivity contribution in [2.75, 3.05) is 33.2 Å². The van der Waals surface area contributed by atoms with E-state index in [1.165, 1.54) is 15.6 Å². The van der Waals surface area contributed by atoms with Gasteiger partial charge in [-0.2, -0.15) is 0 Å². The first-order valence-corrected chi connectivity index (χ1v) is 8.06. The number of likely N-dealkylation sites (N-methyl/N-ethyl adjacent to an activating group) is 1. The summed E-state index contributed by atoms with van der Waals surface area (Å²) >= 11 is 1.81. The molecule has 1 unspecified atom stereocenters. The van der Waals surface area contributed by atoms with Crippen molar-refractivity contribution in [1.29, 1.82) is 0 Å². The van der Waals surface area contributed by atoms with Crippen molar-refractivity contribution in [1.82, 2.24) is 14.8 Å². The molecule has 5 heteroatoms. The number of rotatable bonds is 5. The second kappa shape index (κ2) is 6.79. The van der Waals surface area contributed by atoms with E-state index in [9.17, 15) is 0 Å². The Morgan fingerprint density at radius 2 is 2.00 bits per heavy atom. The molecule has 108 valence electrons. The van der Waals surface area contributed by atoms with E-state index in [2.05, 4.69) is 30.7 Å². The molecule has 1 aliphatic heterocycles. The van der Waals surface area contributed by atoms with E-state index in [-0.39, 0.29) is 6.04 Å². The Morgan fingerprint density at radius 3 is 2.58 bits per heavy atom. The Balaban J connectivity index is 2.02. The van der Waals surface area contributed by atoms with E-state index in [1.54, 1.807) is 0 Å². The van der Waals surface area contributed by atoms with E-state index >= 15 is 0 Å². The number of nitrogens with two attached hydrogens (primary N) is 1. The normalized spacial score (nSPS) is 19.8. The van der Waals surface area contributed by atoms with Gasteiger partial charge in [0.05, 0.1) is 12.2 Å². The molecular formula is C14H26N4S. The van der Waals surface area contributed by atoms with Crippen LogP contribution in [0.1, 0.15) is 41.9 Å². The van der Waals surface area contributed by atoms with Crippen LogP contribution in [0.25, 0.3) is 0 Å². The van der Waals surface area contributed by atoms with Crippen LogP contribution in [0.3, 0.4) is 0 Å². The van der Waals surface area contributed by atoms with Crippen molar-refractivity contribution in [3.05, 3.63) is 15.6 Å². The van der Waals surface area contributed by atoms with Gasteiger partial charge < -0.3 is 10.6 Å².